The lowest BCUT2D eigenvalue weighted by Crippen LogP contribution is -2.29. The van der Waals surface area contributed by atoms with Crippen molar-refractivity contribution in [3.63, 3.8) is 0 Å². The molecule has 6 nitrogen and oxygen atoms in total. The van der Waals surface area contributed by atoms with Crippen LogP contribution in [0.1, 0.15) is 20.3 Å². The van der Waals surface area contributed by atoms with E-state index < -0.39 is 0 Å². The number of hydrogen-bond donors (Lipinski definition) is 2. The van der Waals surface area contributed by atoms with Crippen LogP contribution in [0.15, 0.2) is 12.4 Å². The normalized spacial score (nSPS) is 9.76. The molecule has 6 heteroatoms. The summed E-state index contributed by atoms with van der Waals surface area (Å²) in [7, 11) is 0. The van der Waals surface area contributed by atoms with Gasteiger partial charge in [-0.1, -0.05) is 6.92 Å². The second kappa shape index (κ2) is 7.43. The van der Waals surface area contributed by atoms with Crippen LogP contribution in [0.4, 0.5) is 5.82 Å². The van der Waals surface area contributed by atoms with Gasteiger partial charge in [0.1, 0.15) is 12.1 Å². The van der Waals surface area contributed by atoms with Crippen LogP contribution in [0.25, 0.3) is 0 Å². The third-order valence-corrected chi connectivity index (χ3v) is 1.90. The fourth-order valence-electron chi connectivity index (χ4n) is 1.15. The number of likely N-dealkylation sites (N-methyl/N-ethyl adjacent to an activating group) is 1. The van der Waals surface area contributed by atoms with Gasteiger partial charge in [-0.15, -0.1) is 0 Å². The first-order valence-corrected chi connectivity index (χ1v) is 5.71. The molecule has 1 aromatic rings. The molecule has 0 unspecified atom stereocenters. The highest BCUT2D eigenvalue weighted by atomic mass is 16.5. The third kappa shape index (κ3) is 5.14. The Morgan fingerprint density at radius 1 is 1.41 bits per heavy atom. The summed E-state index contributed by atoms with van der Waals surface area (Å²) in [5.41, 5.74) is 0. The number of amides is 1. The van der Waals surface area contributed by atoms with Gasteiger partial charge in [0.25, 0.3) is 0 Å². The fourth-order valence-corrected chi connectivity index (χ4v) is 1.15. The molecule has 1 amide bonds. The topological polar surface area (TPSA) is 76.1 Å². The Kier molecular flexibility index (Phi) is 5.77. The summed E-state index contributed by atoms with van der Waals surface area (Å²) in [6, 6.07) is 1.68. The van der Waals surface area contributed by atoms with Gasteiger partial charge in [-0.3, -0.25) is 4.79 Å². The maximum Gasteiger partial charge on any atom is 0.239 e. The highest BCUT2D eigenvalue weighted by Crippen LogP contribution is 2.10. The van der Waals surface area contributed by atoms with Gasteiger partial charge in [-0.2, -0.15) is 0 Å². The molecule has 0 saturated carbocycles. The summed E-state index contributed by atoms with van der Waals surface area (Å²) in [6.07, 6.45) is 2.33. The second-order valence-corrected chi connectivity index (χ2v) is 3.40. The van der Waals surface area contributed by atoms with Gasteiger partial charge in [0.2, 0.25) is 11.8 Å². The molecule has 1 heterocycles. The maximum absolute atomic E-state index is 11.2. The van der Waals surface area contributed by atoms with Gasteiger partial charge in [0.05, 0.1) is 13.2 Å². The van der Waals surface area contributed by atoms with Crippen LogP contribution in [0.2, 0.25) is 0 Å². The van der Waals surface area contributed by atoms with Crippen molar-refractivity contribution in [2.75, 3.05) is 25.0 Å². The van der Waals surface area contributed by atoms with E-state index in [1.807, 2.05) is 13.8 Å². The molecule has 2 N–H and O–H groups in total. The molecule has 17 heavy (non-hydrogen) atoms. The molecule has 0 fully saturated rings. The predicted molar refractivity (Wildman–Crippen MR) is 65.0 cm³/mol. The van der Waals surface area contributed by atoms with E-state index in [1.54, 1.807) is 6.07 Å². The number of anilines is 1. The Hall–Kier alpha value is -1.85. The number of ether oxygens (including phenoxy) is 1. The van der Waals surface area contributed by atoms with Crippen LogP contribution >= 0.6 is 0 Å². The molecule has 0 aliphatic rings. The quantitative estimate of drug-likeness (QED) is 0.735. The van der Waals surface area contributed by atoms with Crippen molar-refractivity contribution in [3.8, 4) is 5.88 Å². The monoisotopic (exact) mass is 238 g/mol. The number of nitrogens with one attached hydrogen (secondary N) is 2. The molecule has 0 spiro atoms. The molecule has 0 atom stereocenters. The van der Waals surface area contributed by atoms with Gasteiger partial charge in [-0.25, -0.2) is 9.97 Å². The third-order valence-electron chi connectivity index (χ3n) is 1.90. The van der Waals surface area contributed by atoms with Crippen molar-refractivity contribution in [1.29, 1.82) is 0 Å². The maximum atomic E-state index is 11.2. The van der Waals surface area contributed by atoms with E-state index in [0.717, 1.165) is 6.42 Å². The van der Waals surface area contributed by atoms with Crippen molar-refractivity contribution < 1.29 is 9.53 Å². The summed E-state index contributed by atoms with van der Waals surface area (Å²) < 4.78 is 5.36. The van der Waals surface area contributed by atoms with Gasteiger partial charge < -0.3 is 15.4 Å². The average molecular weight is 238 g/mol. The van der Waals surface area contributed by atoms with Gasteiger partial charge in [-0.05, 0) is 13.3 Å². The number of nitrogens with zero attached hydrogens (tertiary/aromatic N) is 2. The summed E-state index contributed by atoms with van der Waals surface area (Å²) >= 11 is 0. The number of aromatic nitrogens is 2. The van der Waals surface area contributed by atoms with Crippen LogP contribution in [-0.4, -0.2) is 35.6 Å². The highest BCUT2D eigenvalue weighted by Gasteiger charge is 2.02. The standard InChI is InChI=1S/C11H18N4O2/c1-3-5-17-11-6-9(14-8-15-11)13-7-10(16)12-4-2/h6,8H,3-5,7H2,1-2H3,(H,12,16)(H,13,14,15). The van der Waals surface area contributed by atoms with E-state index in [2.05, 4.69) is 20.6 Å². The molecular formula is C11H18N4O2. The number of carbonyl (C=O) groups is 1. The van der Waals surface area contributed by atoms with Crippen LogP contribution in [0, 0.1) is 0 Å². The number of hydrogen-bond acceptors (Lipinski definition) is 5. The lowest BCUT2D eigenvalue weighted by atomic mass is 10.5. The van der Waals surface area contributed by atoms with Crippen molar-refractivity contribution in [3.05, 3.63) is 12.4 Å². The van der Waals surface area contributed by atoms with E-state index in [4.69, 9.17) is 4.74 Å². The summed E-state index contributed by atoms with van der Waals surface area (Å²) in [5.74, 6) is 1.03. The Bertz CT molecular complexity index is 357. The van der Waals surface area contributed by atoms with E-state index in [9.17, 15) is 4.79 Å². The van der Waals surface area contributed by atoms with Crippen molar-refractivity contribution in [1.82, 2.24) is 15.3 Å². The zero-order valence-corrected chi connectivity index (χ0v) is 10.2. The van der Waals surface area contributed by atoms with Crippen LogP contribution < -0.4 is 15.4 Å². The lowest BCUT2D eigenvalue weighted by Gasteiger charge is -2.07. The lowest BCUT2D eigenvalue weighted by molar-refractivity contribution is -0.119. The largest absolute Gasteiger partial charge is 0.478 e. The Labute approximate surface area is 101 Å². The van der Waals surface area contributed by atoms with Crippen molar-refractivity contribution in [2.45, 2.75) is 20.3 Å². The number of rotatable bonds is 7. The minimum absolute atomic E-state index is 0.0675. The smallest absolute Gasteiger partial charge is 0.239 e. The summed E-state index contributed by atoms with van der Waals surface area (Å²) in [5, 5.41) is 5.59. The van der Waals surface area contributed by atoms with Gasteiger partial charge in [0, 0.05) is 12.6 Å². The molecule has 0 aliphatic heterocycles. The first kappa shape index (κ1) is 13.2. The molecule has 0 radical (unpaired) electrons. The predicted octanol–water partition coefficient (Wildman–Crippen LogP) is 0.813. The van der Waals surface area contributed by atoms with Crippen LogP contribution in [-0.2, 0) is 4.79 Å². The molecule has 0 bridgehead atoms. The first-order chi connectivity index (χ1) is 8.26. The van der Waals surface area contributed by atoms with Gasteiger partial charge in [0.15, 0.2) is 0 Å². The summed E-state index contributed by atoms with van der Waals surface area (Å²) in [4.78, 5) is 19.2. The number of carbonyl (C=O) groups excluding carboxylic acids is 1. The van der Waals surface area contributed by atoms with E-state index in [1.165, 1.54) is 6.33 Å². The first-order valence-electron chi connectivity index (χ1n) is 5.71. The van der Waals surface area contributed by atoms with Crippen molar-refractivity contribution in [2.24, 2.45) is 0 Å². The zero-order valence-electron chi connectivity index (χ0n) is 10.2. The molecule has 0 aromatic carbocycles. The van der Waals surface area contributed by atoms with E-state index in [0.29, 0.717) is 24.8 Å². The van der Waals surface area contributed by atoms with E-state index >= 15 is 0 Å². The Morgan fingerprint density at radius 2 is 2.24 bits per heavy atom. The van der Waals surface area contributed by atoms with Crippen LogP contribution in [0.5, 0.6) is 5.88 Å². The minimum atomic E-state index is -0.0675. The minimum Gasteiger partial charge on any atom is -0.478 e. The average Bonchev–Trinajstić information content (AvgIpc) is 2.35. The van der Waals surface area contributed by atoms with Crippen molar-refractivity contribution >= 4 is 11.7 Å². The molecule has 0 aliphatic carbocycles. The fraction of sp³-hybridized carbons (Fsp3) is 0.545. The van der Waals surface area contributed by atoms with Crippen LogP contribution in [0.3, 0.4) is 0 Å². The Morgan fingerprint density at radius 3 is 2.94 bits per heavy atom. The molecule has 0 saturated heterocycles. The molecule has 1 aromatic heterocycles. The summed E-state index contributed by atoms with van der Waals surface area (Å²) in [6.45, 7) is 5.33. The SMILES string of the molecule is CCCOc1cc(NCC(=O)NCC)ncn1. The zero-order chi connectivity index (χ0) is 12.5. The second-order valence-electron chi connectivity index (χ2n) is 3.40. The highest BCUT2D eigenvalue weighted by molar-refractivity contribution is 5.80. The van der Waals surface area contributed by atoms with Gasteiger partial charge >= 0.3 is 0 Å². The molecular weight excluding hydrogens is 220 g/mol. The molecule has 1 rings (SSSR count). The molecule has 94 valence electrons. The van der Waals surface area contributed by atoms with E-state index in [-0.39, 0.29) is 12.5 Å². The Balaban J connectivity index is 2.45.